The van der Waals surface area contributed by atoms with Crippen LogP contribution in [0.15, 0.2) is 22.9 Å². The minimum Gasteiger partial charge on any atom is -0.476 e. The van der Waals surface area contributed by atoms with Gasteiger partial charge in [-0.05, 0) is 0 Å². The lowest BCUT2D eigenvalue weighted by molar-refractivity contribution is -0.129. The van der Waals surface area contributed by atoms with Crippen molar-refractivity contribution in [3.63, 3.8) is 0 Å². The normalized spacial score (nSPS) is 12.1. The first-order valence-electron chi connectivity index (χ1n) is 3.60. The standard InChI is InChI=1S/C7H5N3O3S/c11-6(12)5(9-13)4-3-10-1-2-14-7(10)8-4/h1-3,13H,(H,11,12). The zero-order valence-corrected chi connectivity index (χ0v) is 7.60. The molecule has 6 nitrogen and oxygen atoms in total. The number of oxime groups is 1. The first kappa shape index (κ1) is 8.70. The van der Waals surface area contributed by atoms with Gasteiger partial charge in [-0.3, -0.25) is 4.40 Å². The van der Waals surface area contributed by atoms with Crippen LogP contribution in [-0.4, -0.2) is 31.4 Å². The predicted molar refractivity (Wildman–Crippen MR) is 49.0 cm³/mol. The molecule has 2 heterocycles. The lowest BCUT2D eigenvalue weighted by Crippen LogP contribution is -2.14. The molecule has 0 aliphatic rings. The molecule has 0 radical (unpaired) electrons. The molecule has 2 rings (SSSR count). The predicted octanol–water partition coefficient (Wildman–Crippen LogP) is 0.659. The van der Waals surface area contributed by atoms with Gasteiger partial charge in [-0.25, -0.2) is 9.78 Å². The van der Waals surface area contributed by atoms with Crippen molar-refractivity contribution < 1.29 is 15.1 Å². The van der Waals surface area contributed by atoms with Crippen molar-refractivity contribution in [1.82, 2.24) is 9.38 Å². The van der Waals surface area contributed by atoms with E-state index >= 15 is 0 Å². The molecule has 7 heteroatoms. The lowest BCUT2D eigenvalue weighted by atomic mass is 10.3. The number of fused-ring (bicyclic) bond motifs is 1. The van der Waals surface area contributed by atoms with E-state index in [-0.39, 0.29) is 5.69 Å². The van der Waals surface area contributed by atoms with Gasteiger partial charge in [0.05, 0.1) is 0 Å². The molecule has 0 saturated heterocycles. The Bertz CT molecular complexity index is 484. The van der Waals surface area contributed by atoms with E-state index in [1.54, 1.807) is 10.6 Å². The summed E-state index contributed by atoms with van der Waals surface area (Å²) in [6.07, 6.45) is 3.24. The number of imidazole rings is 1. The van der Waals surface area contributed by atoms with Crippen LogP contribution in [0.5, 0.6) is 0 Å². The van der Waals surface area contributed by atoms with Gasteiger partial charge in [0.25, 0.3) is 0 Å². The summed E-state index contributed by atoms with van der Waals surface area (Å²) < 4.78 is 1.66. The van der Waals surface area contributed by atoms with Gasteiger partial charge in [0.15, 0.2) is 4.96 Å². The van der Waals surface area contributed by atoms with E-state index in [1.165, 1.54) is 17.5 Å². The van der Waals surface area contributed by atoms with Crippen molar-refractivity contribution in [2.24, 2.45) is 5.16 Å². The molecule has 0 saturated carbocycles. The summed E-state index contributed by atoms with van der Waals surface area (Å²) in [7, 11) is 0. The van der Waals surface area contributed by atoms with Crippen molar-refractivity contribution in [2.45, 2.75) is 0 Å². The molecule has 2 aromatic rings. The Balaban J connectivity index is 2.53. The molecule has 0 atom stereocenters. The van der Waals surface area contributed by atoms with Crippen LogP contribution in [0.1, 0.15) is 5.69 Å². The van der Waals surface area contributed by atoms with Crippen molar-refractivity contribution in [3.05, 3.63) is 23.5 Å². The summed E-state index contributed by atoms with van der Waals surface area (Å²) in [6.45, 7) is 0. The van der Waals surface area contributed by atoms with Crippen LogP contribution in [-0.2, 0) is 4.79 Å². The van der Waals surface area contributed by atoms with Gasteiger partial charge in [0.1, 0.15) is 5.69 Å². The molecule has 14 heavy (non-hydrogen) atoms. The van der Waals surface area contributed by atoms with E-state index in [1.807, 2.05) is 5.38 Å². The number of hydrogen-bond acceptors (Lipinski definition) is 5. The molecule has 0 amide bonds. The van der Waals surface area contributed by atoms with Crippen LogP contribution in [0.25, 0.3) is 4.96 Å². The van der Waals surface area contributed by atoms with E-state index < -0.39 is 11.7 Å². The Labute approximate surface area is 81.7 Å². The third-order valence-corrected chi connectivity index (χ3v) is 2.41. The molecule has 2 N–H and O–H groups in total. The Hall–Kier alpha value is -1.89. The van der Waals surface area contributed by atoms with E-state index in [0.29, 0.717) is 4.96 Å². The second-order valence-corrected chi connectivity index (χ2v) is 3.35. The van der Waals surface area contributed by atoms with Crippen molar-refractivity contribution in [3.8, 4) is 0 Å². The summed E-state index contributed by atoms with van der Waals surface area (Å²) in [5.74, 6) is -1.31. The van der Waals surface area contributed by atoms with E-state index in [4.69, 9.17) is 10.3 Å². The SMILES string of the molecule is O=C(O)C(=NO)c1cn2ccsc2n1. The van der Waals surface area contributed by atoms with Crippen LogP contribution < -0.4 is 0 Å². The third-order valence-electron chi connectivity index (χ3n) is 1.64. The summed E-state index contributed by atoms with van der Waals surface area (Å²) >= 11 is 1.37. The Kier molecular flexibility index (Phi) is 1.93. The lowest BCUT2D eigenvalue weighted by Gasteiger charge is -1.90. The largest absolute Gasteiger partial charge is 0.476 e. The first-order valence-corrected chi connectivity index (χ1v) is 4.48. The van der Waals surface area contributed by atoms with E-state index in [0.717, 1.165) is 0 Å². The van der Waals surface area contributed by atoms with Gasteiger partial charge >= 0.3 is 5.97 Å². The highest BCUT2D eigenvalue weighted by Crippen LogP contribution is 2.11. The van der Waals surface area contributed by atoms with Crippen LogP contribution in [0.2, 0.25) is 0 Å². The van der Waals surface area contributed by atoms with Crippen LogP contribution in [0.3, 0.4) is 0 Å². The maximum Gasteiger partial charge on any atom is 0.360 e. The summed E-state index contributed by atoms with van der Waals surface area (Å²) in [4.78, 5) is 15.2. The smallest absolute Gasteiger partial charge is 0.360 e. The van der Waals surface area contributed by atoms with Crippen molar-refractivity contribution >= 4 is 28.0 Å². The zero-order valence-electron chi connectivity index (χ0n) is 6.78. The van der Waals surface area contributed by atoms with Crippen LogP contribution in [0, 0.1) is 0 Å². The highest BCUT2D eigenvalue weighted by atomic mass is 32.1. The molecular formula is C7H5N3O3S. The molecule has 0 fully saturated rings. The maximum atomic E-state index is 10.6. The Morgan fingerprint density at radius 1 is 1.64 bits per heavy atom. The van der Waals surface area contributed by atoms with Crippen molar-refractivity contribution in [2.75, 3.05) is 0 Å². The van der Waals surface area contributed by atoms with Gasteiger partial charge in [0.2, 0.25) is 5.71 Å². The number of thiazole rings is 1. The summed E-state index contributed by atoms with van der Waals surface area (Å²) in [5, 5.41) is 21.6. The highest BCUT2D eigenvalue weighted by molar-refractivity contribution is 7.15. The van der Waals surface area contributed by atoms with Gasteiger partial charge in [-0.15, -0.1) is 11.3 Å². The number of carboxylic acid groups (broad SMARTS) is 1. The molecule has 0 aliphatic carbocycles. The van der Waals surface area contributed by atoms with Gasteiger partial charge in [-0.1, -0.05) is 5.16 Å². The fourth-order valence-corrected chi connectivity index (χ4v) is 1.75. The Morgan fingerprint density at radius 3 is 3.00 bits per heavy atom. The molecule has 0 bridgehead atoms. The third kappa shape index (κ3) is 1.23. The average molecular weight is 211 g/mol. The zero-order chi connectivity index (χ0) is 10.1. The summed E-state index contributed by atoms with van der Waals surface area (Å²) in [6, 6.07) is 0. The molecule has 0 unspecified atom stereocenters. The van der Waals surface area contributed by atoms with E-state index in [2.05, 4.69) is 10.1 Å². The quantitative estimate of drug-likeness (QED) is 0.434. The first-order chi connectivity index (χ1) is 6.72. The molecule has 0 spiro atoms. The van der Waals surface area contributed by atoms with Gasteiger partial charge < -0.3 is 10.3 Å². The van der Waals surface area contributed by atoms with Gasteiger partial charge in [-0.2, -0.15) is 0 Å². The number of carboxylic acids is 1. The van der Waals surface area contributed by atoms with Gasteiger partial charge in [0, 0.05) is 17.8 Å². The molecular weight excluding hydrogens is 206 g/mol. The number of nitrogens with zero attached hydrogens (tertiary/aromatic N) is 3. The Morgan fingerprint density at radius 2 is 2.43 bits per heavy atom. The minimum atomic E-state index is -1.31. The fraction of sp³-hybridized carbons (Fsp3) is 0. The van der Waals surface area contributed by atoms with Crippen LogP contribution in [0.4, 0.5) is 0 Å². The second kappa shape index (κ2) is 3.11. The number of hydrogen-bond donors (Lipinski definition) is 2. The number of aliphatic carboxylic acids is 1. The second-order valence-electron chi connectivity index (χ2n) is 2.47. The number of rotatable bonds is 2. The molecule has 2 aromatic heterocycles. The molecule has 0 aliphatic heterocycles. The number of aromatic nitrogens is 2. The highest BCUT2D eigenvalue weighted by Gasteiger charge is 2.17. The number of carbonyl (C=O) groups is 1. The average Bonchev–Trinajstić information content (AvgIpc) is 2.63. The minimum absolute atomic E-state index is 0.145. The molecule has 72 valence electrons. The summed E-state index contributed by atoms with van der Waals surface area (Å²) in [5.41, 5.74) is -0.312. The fourth-order valence-electron chi connectivity index (χ4n) is 1.05. The van der Waals surface area contributed by atoms with Crippen molar-refractivity contribution in [1.29, 1.82) is 0 Å². The maximum absolute atomic E-state index is 10.6. The monoisotopic (exact) mass is 211 g/mol. The topological polar surface area (TPSA) is 87.2 Å². The molecule has 0 aromatic carbocycles. The van der Waals surface area contributed by atoms with E-state index in [9.17, 15) is 4.79 Å². The van der Waals surface area contributed by atoms with Crippen LogP contribution >= 0.6 is 11.3 Å².